The van der Waals surface area contributed by atoms with Crippen molar-refractivity contribution >= 4 is 38.8 Å². The highest BCUT2D eigenvalue weighted by molar-refractivity contribution is 7.94. The Bertz CT molecular complexity index is 1030. The summed E-state index contributed by atoms with van der Waals surface area (Å²) in [5.74, 6) is -0.962. The lowest BCUT2D eigenvalue weighted by Gasteiger charge is -2.08. The monoisotopic (exact) mass is 401 g/mol. The number of carbonyl (C=O) groups excluding carboxylic acids is 2. The number of carbonyl (C=O) groups is 2. The molecular weight excluding hydrogens is 386 g/mol. The molecule has 0 aliphatic heterocycles. The van der Waals surface area contributed by atoms with Gasteiger partial charge in [-0.25, -0.2) is 13.2 Å². The Balaban J connectivity index is 1.60. The molecule has 1 heterocycles. The Labute approximate surface area is 160 Å². The summed E-state index contributed by atoms with van der Waals surface area (Å²) >= 11 is 1.11. The standard InChI is InChI=1S/C19H15NO5S2/c21-17(14-5-2-1-3-6-14)13-25-19(22)15-8-10-16(11-9-15)20-27(23,24)18-7-4-12-26-18/h1-12,20H,13H2. The molecule has 1 N–H and O–H groups in total. The molecule has 0 aliphatic carbocycles. The number of ether oxygens (including phenoxy) is 1. The molecule has 3 rings (SSSR count). The van der Waals surface area contributed by atoms with E-state index in [4.69, 9.17) is 4.74 Å². The van der Waals surface area contributed by atoms with E-state index in [0.29, 0.717) is 11.3 Å². The Morgan fingerprint density at radius 1 is 0.889 bits per heavy atom. The Morgan fingerprint density at radius 2 is 1.59 bits per heavy atom. The number of hydrogen-bond donors (Lipinski definition) is 1. The van der Waals surface area contributed by atoms with Crippen LogP contribution in [0.2, 0.25) is 0 Å². The van der Waals surface area contributed by atoms with Crippen LogP contribution in [0.5, 0.6) is 0 Å². The lowest BCUT2D eigenvalue weighted by molar-refractivity contribution is 0.0475. The van der Waals surface area contributed by atoms with E-state index in [2.05, 4.69) is 4.72 Å². The minimum absolute atomic E-state index is 0.199. The first-order valence-corrected chi connectivity index (χ1v) is 10.2. The Morgan fingerprint density at radius 3 is 2.22 bits per heavy atom. The van der Waals surface area contributed by atoms with Gasteiger partial charge in [0, 0.05) is 11.3 Å². The second-order valence-electron chi connectivity index (χ2n) is 5.48. The molecular formula is C19H15NO5S2. The van der Waals surface area contributed by atoms with Crippen LogP contribution >= 0.6 is 11.3 Å². The van der Waals surface area contributed by atoms with Crippen LogP contribution in [-0.4, -0.2) is 26.8 Å². The SMILES string of the molecule is O=C(COC(=O)c1ccc(NS(=O)(=O)c2cccs2)cc1)c1ccccc1. The molecule has 0 amide bonds. The molecule has 6 nitrogen and oxygen atoms in total. The number of thiophene rings is 1. The van der Waals surface area contributed by atoms with Crippen molar-refractivity contribution in [3.05, 3.63) is 83.2 Å². The molecule has 0 saturated carbocycles. The third-order valence-electron chi connectivity index (χ3n) is 3.56. The van der Waals surface area contributed by atoms with Crippen molar-refractivity contribution in [1.29, 1.82) is 0 Å². The molecule has 3 aromatic rings. The zero-order valence-corrected chi connectivity index (χ0v) is 15.6. The van der Waals surface area contributed by atoms with Gasteiger partial charge < -0.3 is 4.74 Å². The van der Waals surface area contributed by atoms with E-state index in [9.17, 15) is 18.0 Å². The molecule has 138 valence electrons. The van der Waals surface area contributed by atoms with Gasteiger partial charge in [-0.3, -0.25) is 9.52 Å². The number of benzene rings is 2. The number of hydrogen-bond acceptors (Lipinski definition) is 6. The Kier molecular flexibility index (Phi) is 5.68. The second-order valence-corrected chi connectivity index (χ2v) is 8.34. The van der Waals surface area contributed by atoms with Crippen molar-refractivity contribution in [3.63, 3.8) is 0 Å². The van der Waals surface area contributed by atoms with Gasteiger partial charge in [-0.1, -0.05) is 36.4 Å². The number of sulfonamides is 1. The maximum atomic E-state index is 12.2. The van der Waals surface area contributed by atoms with Gasteiger partial charge in [0.1, 0.15) is 4.21 Å². The molecule has 0 radical (unpaired) electrons. The molecule has 8 heteroatoms. The van der Waals surface area contributed by atoms with E-state index in [0.717, 1.165) is 11.3 Å². The van der Waals surface area contributed by atoms with E-state index >= 15 is 0 Å². The predicted molar refractivity (Wildman–Crippen MR) is 103 cm³/mol. The van der Waals surface area contributed by atoms with Crippen LogP contribution in [0.4, 0.5) is 5.69 Å². The van der Waals surface area contributed by atoms with Crippen LogP contribution in [-0.2, 0) is 14.8 Å². The van der Waals surface area contributed by atoms with Crippen molar-refractivity contribution < 1.29 is 22.7 Å². The van der Waals surface area contributed by atoms with Crippen molar-refractivity contribution in [3.8, 4) is 0 Å². The van der Waals surface area contributed by atoms with Gasteiger partial charge in [0.05, 0.1) is 5.56 Å². The maximum Gasteiger partial charge on any atom is 0.338 e. The lowest BCUT2D eigenvalue weighted by atomic mass is 10.1. The molecule has 0 saturated heterocycles. The fourth-order valence-electron chi connectivity index (χ4n) is 2.22. The number of anilines is 1. The molecule has 27 heavy (non-hydrogen) atoms. The molecule has 0 fully saturated rings. The van der Waals surface area contributed by atoms with E-state index < -0.39 is 16.0 Å². The quantitative estimate of drug-likeness (QED) is 0.483. The van der Waals surface area contributed by atoms with Gasteiger partial charge in [0.25, 0.3) is 10.0 Å². The van der Waals surface area contributed by atoms with Crippen LogP contribution < -0.4 is 4.72 Å². The summed E-state index contributed by atoms with van der Waals surface area (Å²) in [6.07, 6.45) is 0. The maximum absolute atomic E-state index is 12.2. The van der Waals surface area contributed by atoms with Crippen LogP contribution in [0.3, 0.4) is 0 Å². The fraction of sp³-hybridized carbons (Fsp3) is 0.0526. The summed E-state index contributed by atoms with van der Waals surface area (Å²) < 4.78 is 32.0. The van der Waals surface area contributed by atoms with E-state index in [1.54, 1.807) is 41.8 Å². The predicted octanol–water partition coefficient (Wildman–Crippen LogP) is 3.59. The van der Waals surface area contributed by atoms with Gasteiger partial charge in [0.2, 0.25) is 0 Å². The fourth-order valence-corrected chi connectivity index (χ4v) is 4.27. The molecule has 0 atom stereocenters. The summed E-state index contributed by atoms with van der Waals surface area (Å²) in [5, 5.41) is 1.67. The summed E-state index contributed by atoms with van der Waals surface area (Å²) in [6.45, 7) is -0.365. The van der Waals surface area contributed by atoms with Crippen molar-refractivity contribution in [2.45, 2.75) is 4.21 Å². The summed E-state index contributed by atoms with van der Waals surface area (Å²) in [6, 6.07) is 17.5. The summed E-state index contributed by atoms with van der Waals surface area (Å²) in [4.78, 5) is 24.0. The van der Waals surface area contributed by atoms with Crippen LogP contribution in [0.1, 0.15) is 20.7 Å². The van der Waals surface area contributed by atoms with E-state index in [-0.39, 0.29) is 22.2 Å². The highest BCUT2D eigenvalue weighted by Crippen LogP contribution is 2.20. The van der Waals surface area contributed by atoms with E-state index in [1.807, 2.05) is 0 Å². The normalized spacial score (nSPS) is 11.0. The van der Waals surface area contributed by atoms with Gasteiger partial charge in [-0.05, 0) is 35.7 Å². The largest absolute Gasteiger partial charge is 0.454 e. The summed E-state index contributed by atoms with van der Waals surface area (Å²) in [7, 11) is -3.65. The zero-order chi connectivity index (χ0) is 19.3. The number of nitrogens with one attached hydrogen (secondary N) is 1. The van der Waals surface area contributed by atoms with Gasteiger partial charge in [-0.2, -0.15) is 0 Å². The zero-order valence-electron chi connectivity index (χ0n) is 14.0. The van der Waals surface area contributed by atoms with Gasteiger partial charge in [0.15, 0.2) is 12.4 Å². The number of ketones is 1. The van der Waals surface area contributed by atoms with Gasteiger partial charge >= 0.3 is 5.97 Å². The van der Waals surface area contributed by atoms with Crippen LogP contribution in [0.25, 0.3) is 0 Å². The highest BCUT2D eigenvalue weighted by atomic mass is 32.2. The van der Waals surface area contributed by atoms with Crippen LogP contribution in [0, 0.1) is 0 Å². The second kappa shape index (κ2) is 8.15. The average molecular weight is 401 g/mol. The Hall–Kier alpha value is -2.97. The average Bonchev–Trinajstić information content (AvgIpc) is 3.23. The molecule has 2 aromatic carbocycles. The van der Waals surface area contributed by atoms with Crippen molar-refractivity contribution in [2.75, 3.05) is 11.3 Å². The first kappa shape index (κ1) is 18.8. The van der Waals surface area contributed by atoms with Crippen LogP contribution in [0.15, 0.2) is 76.3 Å². The smallest absolute Gasteiger partial charge is 0.338 e. The minimum Gasteiger partial charge on any atom is -0.454 e. The first-order valence-electron chi connectivity index (χ1n) is 7.87. The minimum atomic E-state index is -3.65. The number of esters is 1. The number of Topliss-reactive ketones (excluding diaryl/α,β-unsaturated/α-hetero) is 1. The molecule has 0 unspecified atom stereocenters. The van der Waals surface area contributed by atoms with Crippen molar-refractivity contribution in [2.24, 2.45) is 0 Å². The lowest BCUT2D eigenvalue weighted by Crippen LogP contribution is -2.14. The third-order valence-corrected chi connectivity index (χ3v) is 6.34. The highest BCUT2D eigenvalue weighted by Gasteiger charge is 2.16. The molecule has 1 aromatic heterocycles. The molecule has 0 bridgehead atoms. The molecule has 0 spiro atoms. The van der Waals surface area contributed by atoms with E-state index in [1.165, 1.54) is 30.3 Å². The topological polar surface area (TPSA) is 89.5 Å². The summed E-state index contributed by atoms with van der Waals surface area (Å²) in [5.41, 5.74) is 0.999. The van der Waals surface area contributed by atoms with Gasteiger partial charge in [-0.15, -0.1) is 11.3 Å². The first-order chi connectivity index (χ1) is 13.0. The molecule has 0 aliphatic rings. The van der Waals surface area contributed by atoms with Crippen molar-refractivity contribution in [1.82, 2.24) is 0 Å². The number of rotatable bonds is 7. The third kappa shape index (κ3) is 4.81.